The van der Waals surface area contributed by atoms with Crippen LogP contribution in [0.1, 0.15) is 23.5 Å². The van der Waals surface area contributed by atoms with E-state index in [0.717, 1.165) is 61.6 Å². The number of hydrogen-bond donors (Lipinski definition) is 2. The standard InChI is InChI=1S/C24H27N5O2S/c30-19-8-6-18(7-9-19)28-11-3-5-21(28)23-22(20-4-1-2-10-25-20)26-24(32)29(23)13-12-27-14-16-31-17-15-27/h1-11,22-23,30H,12-17H2,(H,26,32)/t22-,23-/m1/s1. The van der Waals surface area contributed by atoms with Crippen molar-refractivity contribution in [2.24, 2.45) is 0 Å². The second-order valence-corrected chi connectivity index (χ2v) is 8.48. The van der Waals surface area contributed by atoms with Gasteiger partial charge in [-0.3, -0.25) is 9.88 Å². The van der Waals surface area contributed by atoms with Crippen molar-refractivity contribution in [2.45, 2.75) is 12.1 Å². The molecular weight excluding hydrogens is 422 g/mol. The van der Waals surface area contributed by atoms with Crippen LogP contribution >= 0.6 is 12.2 Å². The Kier molecular flexibility index (Phi) is 6.07. The Hall–Kier alpha value is -2.94. The van der Waals surface area contributed by atoms with Gasteiger partial charge in [-0.05, 0) is 60.7 Å². The normalized spacial score (nSPS) is 21.6. The van der Waals surface area contributed by atoms with Gasteiger partial charge in [0, 0.05) is 50.0 Å². The van der Waals surface area contributed by atoms with Gasteiger partial charge in [-0.15, -0.1) is 0 Å². The Bertz CT molecular complexity index is 1050. The van der Waals surface area contributed by atoms with Crippen LogP contribution in [0.4, 0.5) is 0 Å². The summed E-state index contributed by atoms with van der Waals surface area (Å²) in [5, 5.41) is 14.0. The molecule has 1 aromatic carbocycles. The van der Waals surface area contributed by atoms with Crippen LogP contribution in [0.15, 0.2) is 67.0 Å². The summed E-state index contributed by atoms with van der Waals surface area (Å²) in [7, 11) is 0. The van der Waals surface area contributed by atoms with E-state index in [1.807, 2.05) is 36.5 Å². The van der Waals surface area contributed by atoms with Crippen molar-refractivity contribution in [3.8, 4) is 11.4 Å². The maximum Gasteiger partial charge on any atom is 0.170 e. The predicted molar refractivity (Wildman–Crippen MR) is 127 cm³/mol. The number of pyridine rings is 1. The SMILES string of the molecule is Oc1ccc(-n2cccc2[C@@H]2[C@@H](c3ccccn3)NC(=S)N2CCN2CCOCC2)cc1. The number of thiocarbonyl (C=S) groups is 1. The number of nitrogens with zero attached hydrogens (tertiary/aromatic N) is 4. The fraction of sp³-hybridized carbons (Fsp3) is 0.333. The molecule has 3 aromatic rings. The average Bonchev–Trinajstić information content (AvgIpc) is 3.43. The van der Waals surface area contributed by atoms with Gasteiger partial charge in [0.15, 0.2) is 5.11 Å². The third-order valence-electron chi connectivity index (χ3n) is 6.17. The van der Waals surface area contributed by atoms with E-state index in [0.29, 0.717) is 0 Å². The minimum Gasteiger partial charge on any atom is -0.508 e. The number of phenols is 1. The Morgan fingerprint density at radius 2 is 1.84 bits per heavy atom. The highest BCUT2D eigenvalue weighted by Crippen LogP contribution is 2.39. The number of aromatic hydroxyl groups is 1. The van der Waals surface area contributed by atoms with Gasteiger partial charge in [-0.1, -0.05) is 6.07 Å². The van der Waals surface area contributed by atoms with Gasteiger partial charge in [-0.25, -0.2) is 0 Å². The first-order chi connectivity index (χ1) is 15.7. The number of nitrogens with one attached hydrogen (secondary N) is 1. The lowest BCUT2D eigenvalue weighted by molar-refractivity contribution is 0.0349. The van der Waals surface area contributed by atoms with Crippen LogP contribution in [-0.4, -0.2) is 69.0 Å². The van der Waals surface area contributed by atoms with E-state index in [-0.39, 0.29) is 17.8 Å². The second-order valence-electron chi connectivity index (χ2n) is 8.09. The van der Waals surface area contributed by atoms with E-state index >= 15 is 0 Å². The third-order valence-corrected chi connectivity index (χ3v) is 6.52. The van der Waals surface area contributed by atoms with Gasteiger partial charge in [0.2, 0.25) is 0 Å². The van der Waals surface area contributed by atoms with Crippen molar-refractivity contribution in [3.63, 3.8) is 0 Å². The van der Waals surface area contributed by atoms with E-state index in [1.54, 1.807) is 12.1 Å². The van der Waals surface area contributed by atoms with Crippen molar-refractivity contribution < 1.29 is 9.84 Å². The Morgan fingerprint density at radius 1 is 1.03 bits per heavy atom. The van der Waals surface area contributed by atoms with Gasteiger partial charge < -0.3 is 24.6 Å². The molecule has 4 heterocycles. The number of ether oxygens (including phenoxy) is 1. The van der Waals surface area contributed by atoms with Gasteiger partial charge >= 0.3 is 0 Å². The molecule has 0 radical (unpaired) electrons. The van der Waals surface area contributed by atoms with Gasteiger partial charge in [0.25, 0.3) is 0 Å². The Balaban J connectivity index is 1.49. The summed E-state index contributed by atoms with van der Waals surface area (Å²) >= 11 is 5.81. The van der Waals surface area contributed by atoms with E-state index in [2.05, 4.69) is 43.0 Å². The molecule has 2 aliphatic rings. The first-order valence-corrected chi connectivity index (χ1v) is 11.4. The zero-order chi connectivity index (χ0) is 21.9. The molecule has 2 saturated heterocycles. The molecule has 166 valence electrons. The minimum absolute atomic E-state index is 0.0118. The molecule has 0 aliphatic carbocycles. The number of phenolic OH excluding ortho intramolecular Hbond substituents is 1. The number of benzene rings is 1. The quantitative estimate of drug-likeness (QED) is 0.561. The molecule has 8 heteroatoms. The highest BCUT2D eigenvalue weighted by Gasteiger charge is 2.41. The van der Waals surface area contributed by atoms with Crippen molar-refractivity contribution in [1.29, 1.82) is 0 Å². The predicted octanol–water partition coefficient (Wildman–Crippen LogP) is 2.88. The van der Waals surface area contributed by atoms with Crippen molar-refractivity contribution >= 4 is 17.3 Å². The summed E-state index contributed by atoms with van der Waals surface area (Å²) < 4.78 is 7.66. The summed E-state index contributed by atoms with van der Waals surface area (Å²) in [6.07, 6.45) is 3.88. The summed E-state index contributed by atoms with van der Waals surface area (Å²) in [4.78, 5) is 9.35. The lowest BCUT2D eigenvalue weighted by Crippen LogP contribution is -2.42. The lowest BCUT2D eigenvalue weighted by Gasteiger charge is -2.32. The van der Waals surface area contributed by atoms with E-state index in [1.165, 1.54) is 0 Å². The molecule has 0 saturated carbocycles. The molecule has 2 aliphatic heterocycles. The molecule has 7 nitrogen and oxygen atoms in total. The number of morpholine rings is 1. The van der Waals surface area contributed by atoms with Crippen molar-refractivity contribution in [1.82, 2.24) is 24.7 Å². The summed E-state index contributed by atoms with van der Waals surface area (Å²) in [6, 6.07) is 17.4. The van der Waals surface area contributed by atoms with Crippen LogP contribution in [0.5, 0.6) is 5.75 Å². The summed E-state index contributed by atoms with van der Waals surface area (Å²) in [5.74, 6) is 0.254. The maximum atomic E-state index is 9.73. The molecule has 2 fully saturated rings. The van der Waals surface area contributed by atoms with Crippen molar-refractivity contribution in [2.75, 3.05) is 39.4 Å². The Morgan fingerprint density at radius 3 is 2.59 bits per heavy atom. The Labute approximate surface area is 193 Å². The topological polar surface area (TPSA) is 65.8 Å². The highest BCUT2D eigenvalue weighted by molar-refractivity contribution is 7.80. The molecule has 0 bridgehead atoms. The molecule has 0 spiro atoms. The average molecular weight is 450 g/mol. The lowest BCUT2D eigenvalue weighted by atomic mass is 10.0. The maximum absolute atomic E-state index is 9.73. The van der Waals surface area contributed by atoms with E-state index in [9.17, 15) is 5.11 Å². The van der Waals surface area contributed by atoms with Crippen LogP contribution in [0.3, 0.4) is 0 Å². The fourth-order valence-electron chi connectivity index (χ4n) is 4.53. The molecule has 32 heavy (non-hydrogen) atoms. The number of aromatic nitrogens is 2. The van der Waals surface area contributed by atoms with Gasteiger partial charge in [0.1, 0.15) is 5.75 Å². The smallest absolute Gasteiger partial charge is 0.170 e. The molecule has 0 unspecified atom stereocenters. The zero-order valence-corrected chi connectivity index (χ0v) is 18.6. The molecule has 2 N–H and O–H groups in total. The summed E-state index contributed by atoms with van der Waals surface area (Å²) in [6.45, 7) is 5.22. The first-order valence-electron chi connectivity index (χ1n) is 11.0. The molecule has 2 atom stereocenters. The van der Waals surface area contributed by atoms with E-state index in [4.69, 9.17) is 17.0 Å². The number of hydrogen-bond acceptors (Lipinski definition) is 5. The molecule has 2 aromatic heterocycles. The monoisotopic (exact) mass is 449 g/mol. The number of rotatable bonds is 6. The van der Waals surface area contributed by atoms with Crippen molar-refractivity contribution in [3.05, 3.63) is 78.4 Å². The second kappa shape index (κ2) is 9.28. The fourth-order valence-corrected chi connectivity index (χ4v) is 4.86. The highest BCUT2D eigenvalue weighted by atomic mass is 32.1. The van der Waals surface area contributed by atoms with Gasteiger partial charge in [-0.2, -0.15) is 0 Å². The first kappa shape index (κ1) is 20.9. The van der Waals surface area contributed by atoms with Crippen LogP contribution in [0.25, 0.3) is 5.69 Å². The molecule has 0 amide bonds. The molecule has 5 rings (SSSR count). The van der Waals surface area contributed by atoms with Crippen LogP contribution in [0.2, 0.25) is 0 Å². The minimum atomic E-state index is -0.0563. The van der Waals surface area contributed by atoms with Crippen LogP contribution < -0.4 is 5.32 Å². The van der Waals surface area contributed by atoms with Gasteiger partial charge in [0.05, 0.1) is 31.0 Å². The third kappa shape index (κ3) is 4.21. The zero-order valence-electron chi connectivity index (χ0n) is 17.8. The molecular formula is C24H27N5O2S. The van der Waals surface area contributed by atoms with Crippen LogP contribution in [0, 0.1) is 0 Å². The summed E-state index contributed by atoms with van der Waals surface area (Å²) in [5.41, 5.74) is 3.08. The van der Waals surface area contributed by atoms with E-state index < -0.39 is 0 Å². The van der Waals surface area contributed by atoms with Crippen LogP contribution in [-0.2, 0) is 4.74 Å². The largest absolute Gasteiger partial charge is 0.508 e.